The zero-order valence-electron chi connectivity index (χ0n) is 9.53. The molecular formula is C12H9N3O2S. The third kappa shape index (κ3) is 3.55. The summed E-state index contributed by atoms with van der Waals surface area (Å²) < 4.78 is 4.39. The first kappa shape index (κ1) is 13.6. The maximum absolute atomic E-state index is 10.9. The maximum Gasteiger partial charge on any atom is 0.330 e. The Labute approximate surface area is 108 Å². The number of nitrogens with zero attached hydrogens (tertiary/aromatic N) is 3. The SMILES string of the molecule is COC(=O)/C=C/C(C#N)(C#N)N=Cc1ccsc1. The fourth-order valence-electron chi connectivity index (χ4n) is 0.982. The van der Waals surface area contributed by atoms with Crippen molar-refractivity contribution in [1.29, 1.82) is 10.5 Å². The summed E-state index contributed by atoms with van der Waals surface area (Å²) in [6, 6.07) is 5.32. The number of carbonyl (C=O) groups is 1. The minimum Gasteiger partial charge on any atom is -0.466 e. The number of hydrogen-bond acceptors (Lipinski definition) is 6. The molecule has 0 radical (unpaired) electrons. The van der Waals surface area contributed by atoms with Gasteiger partial charge in [-0.25, -0.2) is 4.79 Å². The van der Waals surface area contributed by atoms with E-state index in [1.807, 2.05) is 10.8 Å². The Balaban J connectivity index is 2.96. The molecule has 18 heavy (non-hydrogen) atoms. The predicted octanol–water partition coefficient (Wildman–Crippen LogP) is 1.68. The summed E-state index contributed by atoms with van der Waals surface area (Å²) in [6.07, 6.45) is 3.55. The van der Waals surface area contributed by atoms with Crippen LogP contribution < -0.4 is 0 Å². The van der Waals surface area contributed by atoms with E-state index in [0.717, 1.165) is 17.7 Å². The molecule has 0 aliphatic rings. The van der Waals surface area contributed by atoms with Crippen molar-refractivity contribution in [2.75, 3.05) is 7.11 Å². The van der Waals surface area contributed by atoms with Crippen LogP contribution in [0.2, 0.25) is 0 Å². The van der Waals surface area contributed by atoms with Gasteiger partial charge in [0.1, 0.15) is 12.1 Å². The average Bonchev–Trinajstić information content (AvgIpc) is 2.92. The Morgan fingerprint density at radius 2 is 2.28 bits per heavy atom. The number of ether oxygens (including phenoxy) is 1. The van der Waals surface area contributed by atoms with Crippen LogP contribution in [0.3, 0.4) is 0 Å². The van der Waals surface area contributed by atoms with Gasteiger partial charge in [-0.1, -0.05) is 0 Å². The standard InChI is InChI=1S/C12H9N3O2S/c1-17-11(16)2-4-12(8-13,9-14)15-6-10-3-5-18-7-10/h2-7H,1H3/b4-2+,15-6?. The Hall–Kier alpha value is -2.44. The van der Waals surface area contributed by atoms with Gasteiger partial charge < -0.3 is 4.74 Å². The van der Waals surface area contributed by atoms with Crippen LogP contribution >= 0.6 is 11.3 Å². The van der Waals surface area contributed by atoms with Crippen molar-refractivity contribution >= 4 is 23.5 Å². The van der Waals surface area contributed by atoms with Gasteiger partial charge in [0.25, 0.3) is 5.54 Å². The molecule has 1 aromatic rings. The van der Waals surface area contributed by atoms with Crippen molar-refractivity contribution in [1.82, 2.24) is 0 Å². The van der Waals surface area contributed by atoms with E-state index in [1.165, 1.54) is 24.7 Å². The molecular weight excluding hydrogens is 250 g/mol. The van der Waals surface area contributed by atoms with E-state index in [2.05, 4.69) is 9.73 Å². The Morgan fingerprint density at radius 1 is 1.56 bits per heavy atom. The minimum absolute atomic E-state index is 0.643. The molecule has 1 rings (SSSR count). The quantitative estimate of drug-likeness (QED) is 0.467. The van der Waals surface area contributed by atoms with Crippen LogP contribution in [0.25, 0.3) is 0 Å². The number of methoxy groups -OCH3 is 1. The molecule has 0 unspecified atom stereocenters. The number of rotatable bonds is 4. The van der Waals surface area contributed by atoms with Gasteiger partial charge in [0.2, 0.25) is 0 Å². The van der Waals surface area contributed by atoms with Crippen LogP contribution in [-0.2, 0) is 9.53 Å². The maximum atomic E-state index is 10.9. The smallest absolute Gasteiger partial charge is 0.330 e. The molecule has 5 nitrogen and oxygen atoms in total. The van der Waals surface area contributed by atoms with E-state index >= 15 is 0 Å². The molecule has 0 N–H and O–H groups in total. The zero-order chi connectivity index (χ0) is 13.4. The zero-order valence-corrected chi connectivity index (χ0v) is 10.3. The minimum atomic E-state index is -1.71. The monoisotopic (exact) mass is 259 g/mol. The summed E-state index contributed by atoms with van der Waals surface area (Å²) in [6.45, 7) is 0. The molecule has 0 saturated carbocycles. The first-order valence-corrected chi connectivity index (χ1v) is 5.77. The molecule has 1 heterocycles. The third-order valence-electron chi connectivity index (χ3n) is 1.96. The van der Waals surface area contributed by atoms with Gasteiger partial charge in [-0.05, 0) is 22.9 Å². The summed E-state index contributed by atoms with van der Waals surface area (Å²) in [5.41, 5.74) is -0.919. The number of nitriles is 2. The summed E-state index contributed by atoms with van der Waals surface area (Å²) in [5.74, 6) is -0.643. The van der Waals surface area contributed by atoms with Gasteiger partial charge in [-0.3, -0.25) is 4.99 Å². The van der Waals surface area contributed by atoms with Crippen LogP contribution in [0, 0.1) is 22.7 Å². The topological polar surface area (TPSA) is 86.2 Å². The molecule has 0 spiro atoms. The fraction of sp³-hybridized carbons (Fsp3) is 0.167. The highest BCUT2D eigenvalue weighted by Crippen LogP contribution is 2.12. The second kappa shape index (κ2) is 6.33. The summed E-state index contributed by atoms with van der Waals surface area (Å²) >= 11 is 1.48. The number of aliphatic imine (C=N–C) groups is 1. The molecule has 6 heteroatoms. The molecule has 0 aliphatic carbocycles. The molecule has 0 fully saturated rings. The normalized spacial score (nSPS) is 11.3. The van der Waals surface area contributed by atoms with E-state index in [0.29, 0.717) is 0 Å². The second-order valence-corrected chi connectivity index (χ2v) is 3.94. The van der Waals surface area contributed by atoms with Crippen molar-refractivity contribution in [3.63, 3.8) is 0 Å². The summed E-state index contributed by atoms with van der Waals surface area (Å²) in [4.78, 5) is 14.9. The lowest BCUT2D eigenvalue weighted by molar-refractivity contribution is -0.134. The Kier molecular flexibility index (Phi) is 4.79. The lowest BCUT2D eigenvalue weighted by atomic mass is 10.0. The highest BCUT2D eigenvalue weighted by atomic mass is 32.1. The number of carbonyl (C=O) groups excluding carboxylic acids is 1. The Bertz CT molecular complexity index is 533. The van der Waals surface area contributed by atoms with Crippen molar-refractivity contribution < 1.29 is 9.53 Å². The van der Waals surface area contributed by atoms with Crippen LogP contribution in [-0.4, -0.2) is 24.8 Å². The first-order chi connectivity index (χ1) is 8.65. The third-order valence-corrected chi connectivity index (χ3v) is 2.66. The largest absolute Gasteiger partial charge is 0.466 e. The average molecular weight is 259 g/mol. The molecule has 1 aromatic heterocycles. The van der Waals surface area contributed by atoms with Gasteiger partial charge in [0, 0.05) is 17.9 Å². The van der Waals surface area contributed by atoms with Crippen molar-refractivity contribution in [3.8, 4) is 12.1 Å². The van der Waals surface area contributed by atoms with Gasteiger partial charge in [-0.2, -0.15) is 21.9 Å². The van der Waals surface area contributed by atoms with E-state index in [1.54, 1.807) is 18.2 Å². The number of esters is 1. The van der Waals surface area contributed by atoms with Crippen LogP contribution in [0.15, 0.2) is 34.0 Å². The first-order valence-electron chi connectivity index (χ1n) is 4.83. The highest BCUT2D eigenvalue weighted by molar-refractivity contribution is 7.08. The van der Waals surface area contributed by atoms with Gasteiger partial charge >= 0.3 is 5.97 Å². The molecule has 90 valence electrons. The van der Waals surface area contributed by atoms with Gasteiger partial charge in [0.15, 0.2) is 0 Å². The summed E-state index contributed by atoms with van der Waals surface area (Å²) in [5, 5.41) is 21.7. The molecule has 0 atom stereocenters. The molecule has 0 aliphatic heterocycles. The molecule has 0 amide bonds. The highest BCUT2D eigenvalue weighted by Gasteiger charge is 2.25. The van der Waals surface area contributed by atoms with Crippen molar-refractivity contribution in [2.45, 2.75) is 5.54 Å². The van der Waals surface area contributed by atoms with Crippen LogP contribution in [0.5, 0.6) is 0 Å². The number of thiophene rings is 1. The van der Waals surface area contributed by atoms with Crippen LogP contribution in [0.4, 0.5) is 0 Å². The lowest BCUT2D eigenvalue weighted by Gasteiger charge is -2.06. The van der Waals surface area contributed by atoms with Crippen LogP contribution in [0.1, 0.15) is 5.56 Å². The van der Waals surface area contributed by atoms with E-state index in [-0.39, 0.29) is 0 Å². The predicted molar refractivity (Wildman–Crippen MR) is 67.0 cm³/mol. The van der Waals surface area contributed by atoms with E-state index in [4.69, 9.17) is 10.5 Å². The Morgan fingerprint density at radius 3 is 2.78 bits per heavy atom. The number of hydrogen-bond donors (Lipinski definition) is 0. The van der Waals surface area contributed by atoms with Crippen molar-refractivity contribution in [2.24, 2.45) is 4.99 Å². The second-order valence-electron chi connectivity index (χ2n) is 3.16. The van der Waals surface area contributed by atoms with Gasteiger partial charge in [-0.15, -0.1) is 0 Å². The lowest BCUT2D eigenvalue weighted by Crippen LogP contribution is -2.19. The van der Waals surface area contributed by atoms with Crippen molar-refractivity contribution in [3.05, 3.63) is 34.5 Å². The summed E-state index contributed by atoms with van der Waals surface area (Å²) in [7, 11) is 1.21. The van der Waals surface area contributed by atoms with Gasteiger partial charge in [0.05, 0.1) is 7.11 Å². The molecule has 0 bridgehead atoms. The molecule has 0 saturated heterocycles. The molecule has 0 aromatic carbocycles. The van der Waals surface area contributed by atoms with E-state index < -0.39 is 11.5 Å². The van der Waals surface area contributed by atoms with E-state index in [9.17, 15) is 4.79 Å². The fourth-order valence-corrected chi connectivity index (χ4v) is 1.59.